The van der Waals surface area contributed by atoms with Crippen molar-refractivity contribution in [2.45, 2.75) is 0 Å². The maximum Gasteiger partial charge on any atom is 0.165 e. The van der Waals surface area contributed by atoms with Gasteiger partial charge in [0.25, 0.3) is 0 Å². The molecule has 0 saturated carbocycles. The summed E-state index contributed by atoms with van der Waals surface area (Å²) in [6, 6.07) is 57.8. The van der Waals surface area contributed by atoms with Crippen molar-refractivity contribution >= 4 is 63.0 Å². The number of benzene rings is 7. The molecule has 0 radical (unpaired) electrons. The lowest BCUT2D eigenvalue weighted by molar-refractivity contribution is 1.08. The van der Waals surface area contributed by atoms with Gasteiger partial charge in [0.2, 0.25) is 0 Å². The molecule has 0 fully saturated rings. The number of thiophene rings is 2. The standard InChI is InChI=1S/C45H27N3S2/c1-2-12-28(13-3-1)29-24-26-30(27-25-29)31-14-4-5-16-34(31)43-46-44(36-19-11-23-40-41(36)35-17-7-9-22-39(35)49-40)48-45(47-43)37-20-10-18-33-32-15-6-8-21-38(32)50-42(33)37/h1-27H. The van der Waals surface area contributed by atoms with Crippen molar-refractivity contribution in [2.75, 3.05) is 0 Å². The Hall–Kier alpha value is -6.01. The molecule has 10 aromatic rings. The van der Waals surface area contributed by atoms with Gasteiger partial charge in [-0.2, -0.15) is 0 Å². The van der Waals surface area contributed by atoms with Gasteiger partial charge in [0, 0.05) is 57.0 Å². The normalized spacial score (nSPS) is 11.6. The molecule has 0 atom stereocenters. The molecular formula is C45H27N3S2. The van der Waals surface area contributed by atoms with Crippen molar-refractivity contribution in [1.29, 1.82) is 0 Å². The molecule has 3 nitrogen and oxygen atoms in total. The minimum absolute atomic E-state index is 0.655. The first-order valence-electron chi connectivity index (χ1n) is 16.6. The van der Waals surface area contributed by atoms with Gasteiger partial charge in [0.05, 0.1) is 0 Å². The Labute approximate surface area is 296 Å². The molecule has 50 heavy (non-hydrogen) atoms. The number of hydrogen-bond donors (Lipinski definition) is 0. The van der Waals surface area contributed by atoms with E-state index in [1.54, 1.807) is 22.7 Å². The summed E-state index contributed by atoms with van der Waals surface area (Å²) in [5, 5.41) is 4.87. The summed E-state index contributed by atoms with van der Waals surface area (Å²) >= 11 is 3.60. The van der Waals surface area contributed by atoms with Crippen molar-refractivity contribution in [3.63, 3.8) is 0 Å². The molecule has 0 aliphatic heterocycles. The Morgan fingerprint density at radius 2 is 0.800 bits per heavy atom. The largest absolute Gasteiger partial charge is 0.208 e. The molecule has 0 unspecified atom stereocenters. The van der Waals surface area contributed by atoms with Crippen LogP contribution in [-0.4, -0.2) is 15.0 Å². The average Bonchev–Trinajstić information content (AvgIpc) is 3.77. The first-order chi connectivity index (χ1) is 24.8. The first-order valence-corrected chi connectivity index (χ1v) is 18.2. The Kier molecular flexibility index (Phi) is 6.86. The Bertz CT molecular complexity index is 2870. The summed E-state index contributed by atoms with van der Waals surface area (Å²) in [5.74, 6) is 2.00. The molecule has 3 heterocycles. The fraction of sp³-hybridized carbons (Fsp3) is 0. The van der Waals surface area contributed by atoms with Gasteiger partial charge in [-0.05, 0) is 46.5 Å². The SMILES string of the molecule is c1ccc(-c2ccc(-c3ccccc3-c3nc(-c4cccc5c4sc4ccccc45)nc(-c4cccc5sc6ccccc6c45)n3)cc2)cc1. The molecule has 3 aromatic heterocycles. The highest BCUT2D eigenvalue weighted by molar-refractivity contribution is 7.26. The summed E-state index contributed by atoms with van der Waals surface area (Å²) in [5.41, 5.74) is 7.57. The molecule has 0 aliphatic rings. The van der Waals surface area contributed by atoms with Gasteiger partial charge in [-0.3, -0.25) is 0 Å². The zero-order valence-electron chi connectivity index (χ0n) is 26.7. The molecule has 0 amide bonds. The fourth-order valence-electron chi connectivity index (χ4n) is 7.02. The van der Waals surface area contributed by atoms with E-state index in [9.17, 15) is 0 Å². The van der Waals surface area contributed by atoms with Gasteiger partial charge >= 0.3 is 0 Å². The Balaban J connectivity index is 1.21. The van der Waals surface area contributed by atoms with Crippen LogP contribution in [0.25, 0.3) is 96.8 Å². The number of nitrogens with zero attached hydrogens (tertiary/aromatic N) is 3. The summed E-state index contributed by atoms with van der Waals surface area (Å²) < 4.78 is 4.91. The van der Waals surface area contributed by atoms with Gasteiger partial charge in [-0.15, -0.1) is 22.7 Å². The van der Waals surface area contributed by atoms with E-state index < -0.39 is 0 Å². The molecule has 0 bridgehead atoms. The lowest BCUT2D eigenvalue weighted by Crippen LogP contribution is -2.01. The van der Waals surface area contributed by atoms with Crippen LogP contribution >= 0.6 is 22.7 Å². The third-order valence-electron chi connectivity index (χ3n) is 9.40. The van der Waals surface area contributed by atoms with Crippen LogP contribution in [0.4, 0.5) is 0 Å². The first kappa shape index (κ1) is 29.0. The lowest BCUT2D eigenvalue weighted by atomic mass is 9.96. The summed E-state index contributed by atoms with van der Waals surface area (Å²) in [6.45, 7) is 0. The van der Waals surface area contributed by atoms with Gasteiger partial charge in [0.15, 0.2) is 17.5 Å². The smallest absolute Gasteiger partial charge is 0.165 e. The Morgan fingerprint density at radius 3 is 1.60 bits per heavy atom. The molecule has 0 spiro atoms. The average molecular weight is 674 g/mol. The molecule has 5 heteroatoms. The minimum Gasteiger partial charge on any atom is -0.208 e. The lowest BCUT2D eigenvalue weighted by Gasteiger charge is -2.13. The van der Waals surface area contributed by atoms with Crippen molar-refractivity contribution in [3.05, 3.63) is 164 Å². The maximum absolute atomic E-state index is 5.30. The second-order valence-corrected chi connectivity index (χ2v) is 14.5. The second-order valence-electron chi connectivity index (χ2n) is 12.4. The van der Waals surface area contributed by atoms with E-state index >= 15 is 0 Å². The number of aromatic nitrogens is 3. The van der Waals surface area contributed by atoms with E-state index in [1.165, 1.54) is 51.5 Å². The number of fused-ring (bicyclic) bond motifs is 6. The van der Waals surface area contributed by atoms with Gasteiger partial charge in [0.1, 0.15) is 0 Å². The van der Waals surface area contributed by atoms with Crippen LogP contribution in [0.5, 0.6) is 0 Å². The van der Waals surface area contributed by atoms with Crippen molar-refractivity contribution in [1.82, 2.24) is 15.0 Å². The van der Waals surface area contributed by atoms with Gasteiger partial charge in [-0.25, -0.2) is 15.0 Å². The quantitative estimate of drug-likeness (QED) is 0.182. The zero-order valence-corrected chi connectivity index (χ0v) is 28.4. The maximum atomic E-state index is 5.30. The number of hydrogen-bond acceptors (Lipinski definition) is 5. The molecule has 7 aromatic carbocycles. The number of rotatable bonds is 5. The van der Waals surface area contributed by atoms with Crippen LogP contribution in [0.15, 0.2) is 164 Å². The van der Waals surface area contributed by atoms with Crippen molar-refractivity contribution in [3.8, 4) is 56.4 Å². The van der Waals surface area contributed by atoms with Gasteiger partial charge in [-0.1, -0.05) is 140 Å². The highest BCUT2D eigenvalue weighted by Gasteiger charge is 2.20. The zero-order chi connectivity index (χ0) is 33.0. The molecule has 0 saturated heterocycles. The van der Waals surface area contributed by atoms with Crippen LogP contribution in [0.1, 0.15) is 0 Å². The molecule has 234 valence electrons. The van der Waals surface area contributed by atoms with Crippen LogP contribution in [-0.2, 0) is 0 Å². The topological polar surface area (TPSA) is 38.7 Å². The van der Waals surface area contributed by atoms with Gasteiger partial charge < -0.3 is 0 Å². The monoisotopic (exact) mass is 673 g/mol. The third-order valence-corrected chi connectivity index (χ3v) is 11.8. The van der Waals surface area contributed by atoms with E-state index in [0.717, 1.165) is 27.8 Å². The van der Waals surface area contributed by atoms with Crippen LogP contribution in [0, 0.1) is 0 Å². The van der Waals surface area contributed by atoms with E-state index in [1.807, 2.05) is 6.07 Å². The highest BCUT2D eigenvalue weighted by atomic mass is 32.1. The molecular weight excluding hydrogens is 647 g/mol. The molecule has 10 rings (SSSR count). The third kappa shape index (κ3) is 4.82. The molecule has 0 N–H and O–H groups in total. The van der Waals surface area contributed by atoms with Crippen LogP contribution in [0.2, 0.25) is 0 Å². The minimum atomic E-state index is 0.655. The second kappa shape index (κ2) is 11.8. The van der Waals surface area contributed by atoms with Crippen LogP contribution < -0.4 is 0 Å². The summed E-state index contributed by atoms with van der Waals surface area (Å²) in [4.78, 5) is 15.9. The highest BCUT2D eigenvalue weighted by Crippen LogP contribution is 2.42. The predicted octanol–water partition coefficient (Wildman–Crippen LogP) is 12.9. The van der Waals surface area contributed by atoms with Crippen molar-refractivity contribution < 1.29 is 0 Å². The summed E-state index contributed by atoms with van der Waals surface area (Å²) in [7, 11) is 0. The van der Waals surface area contributed by atoms with E-state index in [-0.39, 0.29) is 0 Å². The van der Waals surface area contributed by atoms with Crippen LogP contribution in [0.3, 0.4) is 0 Å². The fourth-order valence-corrected chi connectivity index (χ4v) is 9.37. The van der Waals surface area contributed by atoms with Crippen molar-refractivity contribution in [2.24, 2.45) is 0 Å². The predicted molar refractivity (Wildman–Crippen MR) is 213 cm³/mol. The Morgan fingerprint density at radius 1 is 0.300 bits per heavy atom. The van der Waals surface area contributed by atoms with E-state index in [0.29, 0.717) is 17.5 Å². The molecule has 0 aliphatic carbocycles. The van der Waals surface area contributed by atoms with E-state index in [2.05, 4.69) is 158 Å². The van der Waals surface area contributed by atoms with E-state index in [4.69, 9.17) is 15.0 Å². The summed E-state index contributed by atoms with van der Waals surface area (Å²) in [6.07, 6.45) is 0.